The Kier molecular flexibility index (Phi) is 6.39. The largest absolute Gasteiger partial charge is 0.377 e. The second kappa shape index (κ2) is 8.52. The first-order valence-corrected chi connectivity index (χ1v) is 8.77. The second-order valence-electron chi connectivity index (χ2n) is 6.88. The van der Waals surface area contributed by atoms with Crippen LogP contribution in [-0.4, -0.2) is 25.9 Å². The van der Waals surface area contributed by atoms with Crippen LogP contribution in [0.1, 0.15) is 42.7 Å². The van der Waals surface area contributed by atoms with Crippen LogP contribution in [0.15, 0.2) is 48.5 Å². The molecular formula is C21H27N3O2. The van der Waals surface area contributed by atoms with E-state index in [4.69, 9.17) is 0 Å². The summed E-state index contributed by atoms with van der Waals surface area (Å²) in [6.45, 7) is 5.62. The standard InChI is InChI=1S/C21H27N3O2/c1-14(2)20(25)23-17-11-12-19(24(4)5)18(13-17)21(26)22-15(3)16-9-7-6-8-10-16/h6-15H,1-5H3,(H,22,26)(H,23,25)/t15-/m0/s1. The van der Waals surface area contributed by atoms with E-state index in [-0.39, 0.29) is 23.8 Å². The van der Waals surface area contributed by atoms with Gasteiger partial charge >= 0.3 is 0 Å². The highest BCUT2D eigenvalue weighted by Crippen LogP contribution is 2.24. The first-order chi connectivity index (χ1) is 12.3. The maximum atomic E-state index is 12.9. The zero-order chi connectivity index (χ0) is 19.3. The second-order valence-corrected chi connectivity index (χ2v) is 6.88. The number of benzene rings is 2. The molecule has 0 unspecified atom stereocenters. The highest BCUT2D eigenvalue weighted by molar-refractivity contribution is 6.02. The molecule has 0 saturated carbocycles. The fraction of sp³-hybridized carbons (Fsp3) is 0.333. The van der Waals surface area contributed by atoms with E-state index in [9.17, 15) is 9.59 Å². The molecular weight excluding hydrogens is 326 g/mol. The summed E-state index contributed by atoms with van der Waals surface area (Å²) in [6, 6.07) is 15.1. The van der Waals surface area contributed by atoms with Crippen molar-refractivity contribution in [3.63, 3.8) is 0 Å². The van der Waals surface area contributed by atoms with Crippen molar-refractivity contribution in [2.75, 3.05) is 24.3 Å². The van der Waals surface area contributed by atoms with Crippen LogP contribution >= 0.6 is 0 Å². The molecule has 5 nitrogen and oxygen atoms in total. The SMILES string of the molecule is CC(C)C(=O)Nc1ccc(N(C)C)c(C(=O)N[C@@H](C)c2ccccc2)c1. The van der Waals surface area contributed by atoms with Crippen molar-refractivity contribution < 1.29 is 9.59 Å². The summed E-state index contributed by atoms with van der Waals surface area (Å²) in [6.07, 6.45) is 0. The number of carbonyl (C=O) groups is 2. The summed E-state index contributed by atoms with van der Waals surface area (Å²) in [5.74, 6) is -0.379. The number of hydrogen-bond donors (Lipinski definition) is 2. The molecule has 0 saturated heterocycles. The molecule has 0 aliphatic heterocycles. The van der Waals surface area contributed by atoms with Gasteiger partial charge in [0.05, 0.1) is 11.6 Å². The van der Waals surface area contributed by atoms with Crippen LogP contribution in [0.25, 0.3) is 0 Å². The summed E-state index contributed by atoms with van der Waals surface area (Å²) < 4.78 is 0. The van der Waals surface area contributed by atoms with Crippen LogP contribution in [-0.2, 0) is 4.79 Å². The molecule has 5 heteroatoms. The van der Waals surface area contributed by atoms with Crippen molar-refractivity contribution >= 4 is 23.2 Å². The summed E-state index contributed by atoms with van der Waals surface area (Å²) in [7, 11) is 3.78. The van der Waals surface area contributed by atoms with Crippen molar-refractivity contribution in [1.29, 1.82) is 0 Å². The topological polar surface area (TPSA) is 61.4 Å². The highest BCUT2D eigenvalue weighted by atomic mass is 16.2. The lowest BCUT2D eigenvalue weighted by Gasteiger charge is -2.21. The van der Waals surface area contributed by atoms with Gasteiger partial charge in [-0.1, -0.05) is 44.2 Å². The van der Waals surface area contributed by atoms with Gasteiger partial charge in [-0.15, -0.1) is 0 Å². The van der Waals surface area contributed by atoms with Gasteiger partial charge in [-0.3, -0.25) is 9.59 Å². The highest BCUT2D eigenvalue weighted by Gasteiger charge is 2.18. The van der Waals surface area contributed by atoms with Crippen molar-refractivity contribution in [3.05, 3.63) is 59.7 Å². The Morgan fingerprint density at radius 1 is 0.962 bits per heavy atom. The summed E-state index contributed by atoms with van der Waals surface area (Å²) in [5.41, 5.74) is 2.98. The van der Waals surface area contributed by atoms with E-state index in [1.54, 1.807) is 6.07 Å². The van der Waals surface area contributed by atoms with E-state index in [1.807, 2.05) is 82.2 Å². The smallest absolute Gasteiger partial charge is 0.253 e. The number of carbonyl (C=O) groups excluding carboxylic acids is 2. The third-order valence-corrected chi connectivity index (χ3v) is 4.16. The van der Waals surface area contributed by atoms with Crippen LogP contribution in [0, 0.1) is 5.92 Å². The Morgan fingerprint density at radius 3 is 2.19 bits per heavy atom. The molecule has 2 rings (SSSR count). The summed E-state index contributed by atoms with van der Waals surface area (Å²) in [5, 5.41) is 5.88. The third-order valence-electron chi connectivity index (χ3n) is 4.16. The van der Waals surface area contributed by atoms with Crippen LogP contribution in [0.4, 0.5) is 11.4 Å². The molecule has 2 N–H and O–H groups in total. The predicted octanol–water partition coefficient (Wildman–Crippen LogP) is 3.84. The van der Waals surface area contributed by atoms with Gasteiger partial charge in [0.1, 0.15) is 0 Å². The number of hydrogen-bond acceptors (Lipinski definition) is 3. The van der Waals surface area contributed by atoms with Crippen molar-refractivity contribution in [1.82, 2.24) is 5.32 Å². The van der Waals surface area contributed by atoms with Gasteiger partial charge < -0.3 is 15.5 Å². The zero-order valence-electron chi connectivity index (χ0n) is 16.0. The zero-order valence-corrected chi connectivity index (χ0v) is 16.0. The Morgan fingerprint density at radius 2 is 1.62 bits per heavy atom. The Hall–Kier alpha value is -2.82. The fourth-order valence-electron chi connectivity index (χ4n) is 2.57. The molecule has 0 spiro atoms. The molecule has 2 aromatic carbocycles. The average Bonchev–Trinajstić information content (AvgIpc) is 2.61. The first kappa shape index (κ1) is 19.5. The average molecular weight is 353 g/mol. The van der Waals surface area contributed by atoms with Gasteiger partial charge in [0.15, 0.2) is 0 Å². The van der Waals surface area contributed by atoms with Crippen LogP contribution < -0.4 is 15.5 Å². The lowest BCUT2D eigenvalue weighted by atomic mass is 10.1. The molecule has 0 aromatic heterocycles. The summed E-state index contributed by atoms with van der Waals surface area (Å²) >= 11 is 0. The van der Waals surface area contributed by atoms with Gasteiger partial charge in [0.2, 0.25) is 5.91 Å². The Labute approximate surface area is 155 Å². The van der Waals surface area contributed by atoms with Crippen molar-refractivity contribution in [2.24, 2.45) is 5.92 Å². The van der Waals surface area contributed by atoms with E-state index in [2.05, 4.69) is 10.6 Å². The van der Waals surface area contributed by atoms with E-state index in [0.717, 1.165) is 11.3 Å². The Bertz CT molecular complexity index is 770. The molecule has 0 heterocycles. The molecule has 0 radical (unpaired) electrons. The molecule has 1 atom stereocenters. The van der Waals surface area contributed by atoms with Crippen LogP contribution in [0.3, 0.4) is 0 Å². The van der Waals surface area contributed by atoms with Crippen molar-refractivity contribution in [2.45, 2.75) is 26.8 Å². The molecule has 0 bridgehead atoms. The van der Waals surface area contributed by atoms with E-state index in [1.165, 1.54) is 0 Å². The molecule has 0 aliphatic carbocycles. The number of nitrogens with one attached hydrogen (secondary N) is 2. The molecule has 0 aliphatic rings. The van der Waals surface area contributed by atoms with E-state index < -0.39 is 0 Å². The predicted molar refractivity (Wildman–Crippen MR) is 107 cm³/mol. The first-order valence-electron chi connectivity index (χ1n) is 8.77. The quantitative estimate of drug-likeness (QED) is 0.829. The van der Waals surface area contributed by atoms with Gasteiger partial charge in [-0.05, 0) is 30.7 Å². The van der Waals surface area contributed by atoms with Crippen LogP contribution in [0.2, 0.25) is 0 Å². The Balaban J connectivity index is 2.26. The minimum absolute atomic E-state index is 0.0772. The minimum atomic E-state index is -0.175. The van der Waals surface area contributed by atoms with Crippen LogP contribution in [0.5, 0.6) is 0 Å². The molecule has 138 valence electrons. The van der Waals surface area contributed by atoms with Gasteiger partial charge in [0.25, 0.3) is 5.91 Å². The molecule has 2 aromatic rings. The van der Waals surface area contributed by atoms with Gasteiger partial charge in [-0.25, -0.2) is 0 Å². The minimum Gasteiger partial charge on any atom is -0.377 e. The fourth-order valence-corrected chi connectivity index (χ4v) is 2.57. The third kappa shape index (κ3) is 4.85. The monoisotopic (exact) mass is 353 g/mol. The number of nitrogens with zero attached hydrogens (tertiary/aromatic N) is 1. The van der Waals surface area contributed by atoms with E-state index in [0.29, 0.717) is 11.3 Å². The van der Waals surface area contributed by atoms with Gasteiger partial charge in [-0.2, -0.15) is 0 Å². The summed E-state index contributed by atoms with van der Waals surface area (Å²) in [4.78, 5) is 26.7. The number of amides is 2. The normalized spacial score (nSPS) is 11.8. The van der Waals surface area contributed by atoms with E-state index >= 15 is 0 Å². The lowest BCUT2D eigenvalue weighted by molar-refractivity contribution is -0.118. The molecule has 0 fully saturated rings. The van der Waals surface area contributed by atoms with Gasteiger partial charge in [0, 0.05) is 31.4 Å². The maximum absolute atomic E-state index is 12.9. The molecule has 2 amide bonds. The molecule has 26 heavy (non-hydrogen) atoms. The van der Waals surface area contributed by atoms with Crippen molar-refractivity contribution in [3.8, 4) is 0 Å². The maximum Gasteiger partial charge on any atom is 0.253 e. The lowest BCUT2D eigenvalue weighted by Crippen LogP contribution is -2.28. The number of anilines is 2. The number of rotatable bonds is 6.